The third kappa shape index (κ3) is 10.1. The van der Waals surface area contributed by atoms with Crippen LogP contribution in [0.1, 0.15) is 85.0 Å². The van der Waals surface area contributed by atoms with Crippen LogP contribution >= 0.6 is 0 Å². The first kappa shape index (κ1) is 33.0. The molecule has 0 bridgehead atoms. The molecule has 3 heterocycles. The molecule has 5 aliphatic rings. The molecule has 3 saturated heterocycles. The first-order valence-corrected chi connectivity index (χ1v) is 17.0. The Kier molecular flexibility index (Phi) is 11.8. The summed E-state index contributed by atoms with van der Waals surface area (Å²) in [5.74, 6) is 0.508. The summed E-state index contributed by atoms with van der Waals surface area (Å²) in [6, 6.07) is 0.515. The number of piperidine rings is 1. The number of amides is 1. The maximum Gasteiger partial charge on any atom is 0.325 e. The summed E-state index contributed by atoms with van der Waals surface area (Å²) >= 11 is 0. The van der Waals surface area contributed by atoms with E-state index in [0.717, 1.165) is 117 Å². The maximum atomic E-state index is 12.6. The molecule has 246 valence electrons. The molecule has 4 N–H and O–H groups in total. The second-order valence-corrected chi connectivity index (χ2v) is 14.4. The van der Waals surface area contributed by atoms with Crippen LogP contribution in [0.5, 0.6) is 0 Å². The van der Waals surface area contributed by atoms with Crippen molar-refractivity contribution in [3.8, 4) is 0 Å². The quantitative estimate of drug-likeness (QED) is 0.275. The number of nitrogens with one attached hydrogen (secondary N) is 4. The second-order valence-electron chi connectivity index (χ2n) is 14.4. The highest BCUT2D eigenvalue weighted by molar-refractivity contribution is 5.83. The number of hydrogen-bond acceptors (Lipinski definition) is 10. The third-order valence-electron chi connectivity index (χ3n) is 10.1. The van der Waals surface area contributed by atoms with Gasteiger partial charge in [-0.3, -0.25) is 25.5 Å². The van der Waals surface area contributed by atoms with Gasteiger partial charge in [0.1, 0.15) is 18.4 Å². The minimum atomic E-state index is -0.537. The van der Waals surface area contributed by atoms with Gasteiger partial charge in [0.05, 0.1) is 25.9 Å². The van der Waals surface area contributed by atoms with E-state index in [1.165, 1.54) is 0 Å². The van der Waals surface area contributed by atoms with Crippen LogP contribution in [0.3, 0.4) is 0 Å². The van der Waals surface area contributed by atoms with Gasteiger partial charge in [-0.05, 0) is 84.0 Å². The van der Waals surface area contributed by atoms with Gasteiger partial charge < -0.3 is 29.2 Å². The Labute approximate surface area is 258 Å². The Morgan fingerprint density at radius 2 is 1.56 bits per heavy atom. The average Bonchev–Trinajstić information content (AvgIpc) is 3.45. The fourth-order valence-corrected chi connectivity index (χ4v) is 7.55. The number of carbonyl (C=O) groups excluding carboxylic acids is 2. The lowest BCUT2D eigenvalue weighted by Gasteiger charge is -2.40. The van der Waals surface area contributed by atoms with Crippen LogP contribution in [-0.4, -0.2) is 106 Å². The van der Waals surface area contributed by atoms with E-state index in [1.54, 1.807) is 0 Å². The van der Waals surface area contributed by atoms with E-state index in [9.17, 15) is 9.59 Å². The number of hydrogen-bond donors (Lipinski definition) is 4. The lowest BCUT2D eigenvalue weighted by Crippen LogP contribution is -2.63. The summed E-state index contributed by atoms with van der Waals surface area (Å²) in [7, 11) is 0. The Bertz CT molecular complexity index is 875. The van der Waals surface area contributed by atoms with Crippen molar-refractivity contribution >= 4 is 11.9 Å². The van der Waals surface area contributed by atoms with Crippen molar-refractivity contribution < 1.29 is 28.5 Å². The number of ether oxygens (including phenoxy) is 4. The van der Waals surface area contributed by atoms with E-state index in [4.69, 9.17) is 18.9 Å². The van der Waals surface area contributed by atoms with Crippen LogP contribution in [0.25, 0.3) is 0 Å². The molecule has 3 aliphatic heterocycles. The average molecular weight is 608 g/mol. The highest BCUT2D eigenvalue weighted by atomic mass is 16.7. The predicted octanol–water partition coefficient (Wildman–Crippen LogP) is 2.10. The van der Waals surface area contributed by atoms with Gasteiger partial charge in [0, 0.05) is 57.5 Å². The summed E-state index contributed by atoms with van der Waals surface area (Å²) in [5.41, 5.74) is -0.537. The molecular weight excluding hydrogens is 550 g/mol. The van der Waals surface area contributed by atoms with Crippen molar-refractivity contribution in [1.82, 2.24) is 26.2 Å². The van der Waals surface area contributed by atoms with Crippen molar-refractivity contribution in [2.24, 2.45) is 17.8 Å². The lowest BCUT2D eigenvalue weighted by molar-refractivity contribution is -0.186. The van der Waals surface area contributed by atoms with Crippen molar-refractivity contribution in [2.45, 2.75) is 115 Å². The predicted molar refractivity (Wildman–Crippen MR) is 163 cm³/mol. The minimum absolute atomic E-state index is 0.00388. The number of likely N-dealkylation sites (tertiary alicyclic amines) is 1. The number of carbonyl (C=O) groups is 2. The van der Waals surface area contributed by atoms with E-state index in [2.05, 4.69) is 26.2 Å². The normalized spacial score (nSPS) is 33.7. The third-order valence-corrected chi connectivity index (χ3v) is 10.1. The Balaban J connectivity index is 0.892. The molecule has 0 aromatic rings. The molecule has 1 spiro atoms. The zero-order valence-corrected chi connectivity index (χ0v) is 26.8. The van der Waals surface area contributed by atoms with Gasteiger partial charge in [-0.2, -0.15) is 0 Å². The van der Waals surface area contributed by atoms with Crippen molar-refractivity contribution in [2.75, 3.05) is 59.1 Å². The summed E-state index contributed by atoms with van der Waals surface area (Å²) in [6.07, 6.45) is 10.9. The maximum absolute atomic E-state index is 12.6. The molecule has 5 rings (SSSR count). The van der Waals surface area contributed by atoms with Gasteiger partial charge >= 0.3 is 5.97 Å². The molecule has 1 amide bonds. The van der Waals surface area contributed by atoms with Crippen LogP contribution in [0, 0.1) is 17.8 Å². The highest BCUT2D eigenvalue weighted by Gasteiger charge is 2.39. The fraction of sp³-hybridized carbons (Fsp3) is 0.938. The van der Waals surface area contributed by atoms with E-state index < -0.39 is 5.60 Å². The van der Waals surface area contributed by atoms with E-state index in [0.29, 0.717) is 24.0 Å². The van der Waals surface area contributed by atoms with Gasteiger partial charge in [0.25, 0.3) is 0 Å². The molecule has 0 aromatic heterocycles. The summed E-state index contributed by atoms with van der Waals surface area (Å²) in [6.45, 7) is 12.8. The summed E-state index contributed by atoms with van der Waals surface area (Å²) in [5, 5.41) is 14.0. The molecule has 11 heteroatoms. The van der Waals surface area contributed by atoms with Crippen LogP contribution < -0.4 is 21.3 Å². The summed E-state index contributed by atoms with van der Waals surface area (Å²) < 4.78 is 23.3. The zero-order valence-electron chi connectivity index (χ0n) is 26.8. The first-order valence-electron chi connectivity index (χ1n) is 17.0. The topological polar surface area (TPSA) is 122 Å². The van der Waals surface area contributed by atoms with Crippen LogP contribution in [0.2, 0.25) is 0 Å². The van der Waals surface area contributed by atoms with Gasteiger partial charge in [-0.15, -0.1) is 0 Å². The number of esters is 1. The molecule has 43 heavy (non-hydrogen) atoms. The standard InChI is InChI=1S/C32H57N5O6/c1-31(2,3)43-28(38)22-33-29(39)24-6-4-23(5-7-24)25-20-34-30(35-21-25)36-26-8-10-27(11-9-26)40-17-16-37-14-12-32(13-15-37)41-18-19-42-32/h23-27,30,34-36H,4-22H2,1-3H3,(H,33,39). The molecule has 5 fully saturated rings. The molecule has 0 unspecified atom stereocenters. The summed E-state index contributed by atoms with van der Waals surface area (Å²) in [4.78, 5) is 27.0. The fourth-order valence-electron chi connectivity index (χ4n) is 7.55. The van der Waals surface area contributed by atoms with Crippen molar-refractivity contribution in [1.29, 1.82) is 0 Å². The monoisotopic (exact) mass is 607 g/mol. The smallest absolute Gasteiger partial charge is 0.325 e. The molecule has 2 saturated carbocycles. The SMILES string of the molecule is CC(C)(C)OC(=O)CNC(=O)C1CCC(C2CNC(NC3CCC(OCCN4CCC5(CC4)OCCO5)CC3)NC2)CC1. The van der Waals surface area contributed by atoms with Crippen molar-refractivity contribution in [3.05, 3.63) is 0 Å². The number of rotatable bonds is 10. The molecule has 0 aromatic carbocycles. The van der Waals surface area contributed by atoms with Gasteiger partial charge in [0.15, 0.2) is 5.79 Å². The Morgan fingerprint density at radius 1 is 0.907 bits per heavy atom. The van der Waals surface area contributed by atoms with Crippen molar-refractivity contribution in [3.63, 3.8) is 0 Å². The highest BCUT2D eigenvalue weighted by Crippen LogP contribution is 2.34. The van der Waals surface area contributed by atoms with Crippen LogP contribution in [0.15, 0.2) is 0 Å². The van der Waals surface area contributed by atoms with Crippen LogP contribution in [0.4, 0.5) is 0 Å². The molecule has 11 nitrogen and oxygen atoms in total. The molecular formula is C32H57N5O6. The van der Waals surface area contributed by atoms with Gasteiger partial charge in [0.2, 0.25) is 5.91 Å². The second kappa shape index (κ2) is 15.3. The zero-order chi connectivity index (χ0) is 30.3. The Morgan fingerprint density at radius 3 is 2.19 bits per heavy atom. The lowest BCUT2D eigenvalue weighted by atomic mass is 9.75. The minimum Gasteiger partial charge on any atom is -0.459 e. The van der Waals surface area contributed by atoms with E-state index in [1.807, 2.05) is 20.8 Å². The van der Waals surface area contributed by atoms with E-state index >= 15 is 0 Å². The Hall–Kier alpha value is -1.34. The van der Waals surface area contributed by atoms with E-state index in [-0.39, 0.29) is 36.4 Å². The molecule has 0 atom stereocenters. The van der Waals surface area contributed by atoms with Crippen LogP contribution in [-0.2, 0) is 28.5 Å². The largest absolute Gasteiger partial charge is 0.459 e. The molecule has 2 aliphatic carbocycles. The van der Waals surface area contributed by atoms with Gasteiger partial charge in [-0.1, -0.05) is 0 Å². The number of nitrogens with zero attached hydrogens (tertiary/aromatic N) is 1. The van der Waals surface area contributed by atoms with Gasteiger partial charge in [-0.25, -0.2) is 0 Å². The molecule has 0 radical (unpaired) electrons. The first-order chi connectivity index (χ1) is 20.7.